The van der Waals surface area contributed by atoms with Crippen LogP contribution in [0.25, 0.3) is 0 Å². The normalized spacial score (nSPS) is 13.2. The third-order valence-corrected chi connectivity index (χ3v) is 5.33. The summed E-state index contributed by atoms with van der Waals surface area (Å²) in [6, 6.07) is 11.0. The number of nitrogens with zero attached hydrogens (tertiary/aromatic N) is 1. The number of hydrogen-bond donors (Lipinski definition) is 1. The second kappa shape index (κ2) is 8.35. The zero-order valence-electron chi connectivity index (χ0n) is 15.6. The van der Waals surface area contributed by atoms with Crippen LogP contribution in [0.5, 0.6) is 5.75 Å². The Bertz CT molecular complexity index is 1110. The molecule has 0 saturated carbocycles. The van der Waals surface area contributed by atoms with Gasteiger partial charge in [-0.05, 0) is 47.9 Å². The number of nitrogens with one attached hydrogen (secondary N) is 1. The van der Waals surface area contributed by atoms with Crippen LogP contribution in [0.15, 0.2) is 53.5 Å². The van der Waals surface area contributed by atoms with Crippen LogP contribution in [-0.2, 0) is 26.1 Å². The molecular weight excluding hydrogens is 398 g/mol. The molecule has 2 heterocycles. The summed E-state index contributed by atoms with van der Waals surface area (Å²) < 4.78 is 33.7. The van der Waals surface area contributed by atoms with Gasteiger partial charge in [0.05, 0.1) is 6.54 Å². The minimum Gasteiger partial charge on any atom is -0.487 e. The van der Waals surface area contributed by atoms with Gasteiger partial charge >= 0.3 is 0 Å². The van der Waals surface area contributed by atoms with Crippen molar-refractivity contribution in [2.45, 2.75) is 26.1 Å². The lowest BCUT2D eigenvalue weighted by atomic mass is 9.98. The van der Waals surface area contributed by atoms with E-state index in [0.29, 0.717) is 6.54 Å². The van der Waals surface area contributed by atoms with Crippen molar-refractivity contribution in [3.8, 4) is 5.75 Å². The maximum atomic E-state index is 13.7. The first-order valence-electron chi connectivity index (χ1n) is 9.28. The van der Waals surface area contributed by atoms with E-state index >= 15 is 0 Å². The highest BCUT2D eigenvalue weighted by atomic mass is 35.5. The smallest absolute Gasteiger partial charge is 0.273 e. The van der Waals surface area contributed by atoms with Gasteiger partial charge in [0.1, 0.15) is 29.0 Å². The third kappa shape index (κ3) is 4.33. The Balaban J connectivity index is 1.50. The summed E-state index contributed by atoms with van der Waals surface area (Å²) in [7, 11) is 0. The van der Waals surface area contributed by atoms with Crippen molar-refractivity contribution in [1.29, 1.82) is 0 Å². The Morgan fingerprint density at radius 2 is 1.97 bits per heavy atom. The van der Waals surface area contributed by atoms with Crippen LogP contribution >= 0.6 is 11.6 Å². The summed E-state index contributed by atoms with van der Waals surface area (Å²) in [5.74, 6) is -1.21. The molecule has 0 radical (unpaired) electrons. The van der Waals surface area contributed by atoms with Crippen molar-refractivity contribution in [3.63, 3.8) is 0 Å². The molecule has 1 aliphatic heterocycles. The van der Waals surface area contributed by atoms with Gasteiger partial charge in [-0.15, -0.1) is 0 Å². The molecule has 0 saturated heterocycles. The first-order chi connectivity index (χ1) is 14.0. The maximum Gasteiger partial charge on any atom is 0.273 e. The molecule has 150 valence electrons. The highest BCUT2D eigenvalue weighted by Crippen LogP contribution is 2.22. The number of rotatable bonds is 5. The van der Waals surface area contributed by atoms with Gasteiger partial charge in [-0.25, -0.2) is 8.78 Å². The molecule has 1 N–H and O–H groups in total. The SMILES string of the molecule is O=c1c(Cl)c(OCc2ccc(F)cc2F)ccn1Cc1ccc2c(c1)CCNC2. The van der Waals surface area contributed by atoms with E-state index in [2.05, 4.69) is 17.4 Å². The average Bonchev–Trinajstić information content (AvgIpc) is 2.72. The second-order valence-electron chi connectivity index (χ2n) is 6.98. The molecule has 1 aromatic heterocycles. The summed E-state index contributed by atoms with van der Waals surface area (Å²) in [4.78, 5) is 12.6. The van der Waals surface area contributed by atoms with Gasteiger partial charge in [-0.3, -0.25) is 4.79 Å². The minimum atomic E-state index is -0.711. The molecule has 7 heteroatoms. The number of halogens is 3. The quantitative estimate of drug-likeness (QED) is 0.682. The van der Waals surface area contributed by atoms with Gasteiger partial charge in [-0.2, -0.15) is 0 Å². The van der Waals surface area contributed by atoms with Crippen molar-refractivity contribution in [3.05, 3.63) is 97.9 Å². The zero-order valence-corrected chi connectivity index (χ0v) is 16.3. The van der Waals surface area contributed by atoms with Crippen molar-refractivity contribution >= 4 is 11.6 Å². The Labute approximate surface area is 171 Å². The molecule has 0 unspecified atom stereocenters. The molecule has 0 spiro atoms. The van der Waals surface area contributed by atoms with Crippen LogP contribution in [0.4, 0.5) is 8.78 Å². The first-order valence-corrected chi connectivity index (χ1v) is 9.66. The lowest BCUT2D eigenvalue weighted by Crippen LogP contribution is -2.24. The fourth-order valence-electron chi connectivity index (χ4n) is 3.39. The van der Waals surface area contributed by atoms with Crippen molar-refractivity contribution < 1.29 is 13.5 Å². The van der Waals surface area contributed by atoms with E-state index in [9.17, 15) is 13.6 Å². The second-order valence-corrected chi connectivity index (χ2v) is 7.36. The summed E-state index contributed by atoms with van der Waals surface area (Å²) in [6.07, 6.45) is 2.57. The monoisotopic (exact) mass is 416 g/mol. The Kier molecular flexibility index (Phi) is 5.65. The fraction of sp³-hybridized carbons (Fsp3) is 0.227. The van der Waals surface area contributed by atoms with Gasteiger partial charge < -0.3 is 14.6 Å². The number of fused-ring (bicyclic) bond motifs is 1. The number of aromatic nitrogens is 1. The molecule has 2 aromatic carbocycles. The summed E-state index contributed by atoms with van der Waals surface area (Å²) >= 11 is 6.19. The predicted octanol–water partition coefficient (Wildman–Crippen LogP) is 4.05. The van der Waals surface area contributed by atoms with Gasteiger partial charge in [0.15, 0.2) is 0 Å². The van der Waals surface area contributed by atoms with Crippen molar-refractivity contribution in [1.82, 2.24) is 9.88 Å². The van der Waals surface area contributed by atoms with Crippen LogP contribution in [0.3, 0.4) is 0 Å². The highest BCUT2D eigenvalue weighted by molar-refractivity contribution is 6.31. The molecule has 3 aromatic rings. The van der Waals surface area contributed by atoms with Crippen LogP contribution in [-0.4, -0.2) is 11.1 Å². The van der Waals surface area contributed by atoms with Gasteiger partial charge in [0.25, 0.3) is 5.56 Å². The Morgan fingerprint density at radius 3 is 2.79 bits per heavy atom. The van der Waals surface area contributed by atoms with E-state index < -0.39 is 11.6 Å². The van der Waals surface area contributed by atoms with Crippen molar-refractivity contribution in [2.24, 2.45) is 0 Å². The molecule has 0 atom stereocenters. The number of hydrogen-bond acceptors (Lipinski definition) is 3. The third-order valence-electron chi connectivity index (χ3n) is 4.98. The standard InChI is InChI=1S/C22H19ClF2N2O2/c23-21-20(29-13-17-3-4-18(24)10-19(17)25)6-8-27(22(21)28)12-14-1-2-16-11-26-7-5-15(16)9-14/h1-4,6,8-10,26H,5,7,11-13H2. The summed E-state index contributed by atoms with van der Waals surface area (Å²) in [5.41, 5.74) is 3.38. The van der Waals surface area contributed by atoms with Gasteiger partial charge in [0, 0.05) is 24.4 Å². The van der Waals surface area contributed by atoms with Crippen molar-refractivity contribution in [2.75, 3.05) is 6.54 Å². The molecule has 4 nitrogen and oxygen atoms in total. The number of benzene rings is 2. The largest absolute Gasteiger partial charge is 0.487 e. The molecule has 0 amide bonds. The van der Waals surface area contributed by atoms with E-state index in [1.54, 1.807) is 12.3 Å². The Morgan fingerprint density at radius 1 is 1.10 bits per heavy atom. The zero-order chi connectivity index (χ0) is 20.4. The Hall–Kier alpha value is -2.70. The van der Waals surface area contributed by atoms with E-state index in [4.69, 9.17) is 16.3 Å². The molecule has 0 aliphatic carbocycles. The van der Waals surface area contributed by atoms with Crippen LogP contribution in [0.1, 0.15) is 22.3 Å². The number of pyridine rings is 1. The number of ether oxygens (including phenoxy) is 1. The summed E-state index contributed by atoms with van der Waals surface area (Å²) in [6.45, 7) is 2.05. The van der Waals surface area contributed by atoms with Crippen LogP contribution in [0.2, 0.25) is 5.02 Å². The van der Waals surface area contributed by atoms with E-state index in [-0.39, 0.29) is 28.5 Å². The molecule has 0 fully saturated rings. The lowest BCUT2D eigenvalue weighted by Gasteiger charge is -2.18. The topological polar surface area (TPSA) is 43.3 Å². The molecule has 0 bridgehead atoms. The fourth-order valence-corrected chi connectivity index (χ4v) is 3.61. The molecule has 1 aliphatic rings. The van der Waals surface area contributed by atoms with E-state index in [0.717, 1.165) is 37.2 Å². The van der Waals surface area contributed by atoms with Gasteiger partial charge in [-0.1, -0.05) is 29.8 Å². The molecular formula is C22H19ClF2N2O2. The van der Waals surface area contributed by atoms with Gasteiger partial charge in [0.2, 0.25) is 0 Å². The van der Waals surface area contributed by atoms with Crippen LogP contribution in [0, 0.1) is 11.6 Å². The van der Waals surface area contributed by atoms with E-state index in [1.165, 1.54) is 21.8 Å². The maximum absolute atomic E-state index is 13.7. The molecule has 29 heavy (non-hydrogen) atoms. The van der Waals surface area contributed by atoms with E-state index in [1.807, 2.05) is 6.07 Å². The molecule has 4 rings (SSSR count). The predicted molar refractivity (Wildman–Crippen MR) is 107 cm³/mol. The first kappa shape index (κ1) is 19.6. The minimum absolute atomic E-state index is 0.0721. The highest BCUT2D eigenvalue weighted by Gasteiger charge is 2.13. The lowest BCUT2D eigenvalue weighted by molar-refractivity contribution is 0.298. The van der Waals surface area contributed by atoms with Crippen LogP contribution < -0.4 is 15.6 Å². The summed E-state index contributed by atoms with van der Waals surface area (Å²) in [5, 5.41) is 3.26. The average molecular weight is 417 g/mol.